The molecule has 1 N–H and O–H groups in total. The van der Waals surface area contributed by atoms with Gasteiger partial charge in [0.25, 0.3) is 0 Å². The molecule has 16 heavy (non-hydrogen) atoms. The van der Waals surface area contributed by atoms with Crippen LogP contribution in [0.2, 0.25) is 0 Å². The smallest absolute Gasteiger partial charge is 0.107 e. The minimum atomic E-state index is 0.320. The Morgan fingerprint density at radius 3 is 3.19 bits per heavy atom. The third-order valence-corrected chi connectivity index (χ3v) is 4.15. The summed E-state index contributed by atoms with van der Waals surface area (Å²) in [6, 6.07) is 0.663. The van der Waals surface area contributed by atoms with Gasteiger partial charge in [0.05, 0.1) is 6.54 Å². The summed E-state index contributed by atoms with van der Waals surface area (Å²) in [4.78, 5) is 7.04. The van der Waals surface area contributed by atoms with Crippen LogP contribution in [0.25, 0.3) is 0 Å². The summed E-state index contributed by atoms with van der Waals surface area (Å²) in [5.41, 5.74) is 1.13. The second-order valence-electron chi connectivity index (χ2n) is 4.51. The molecule has 4 heteroatoms. The molecule has 1 saturated heterocycles. The summed E-state index contributed by atoms with van der Waals surface area (Å²) in [5, 5.41) is 12.2. The molecule has 1 atom stereocenters. The van der Waals surface area contributed by atoms with E-state index in [4.69, 9.17) is 5.11 Å². The van der Waals surface area contributed by atoms with Gasteiger partial charge in [-0.3, -0.25) is 4.90 Å². The Labute approximate surface area is 101 Å². The summed E-state index contributed by atoms with van der Waals surface area (Å²) < 4.78 is 0. The van der Waals surface area contributed by atoms with Gasteiger partial charge in [-0.15, -0.1) is 11.3 Å². The zero-order valence-electron chi connectivity index (χ0n) is 9.85. The summed E-state index contributed by atoms with van der Waals surface area (Å²) >= 11 is 1.76. The van der Waals surface area contributed by atoms with E-state index in [-0.39, 0.29) is 0 Å². The highest BCUT2D eigenvalue weighted by Crippen LogP contribution is 2.24. The number of likely N-dealkylation sites (tertiary alicyclic amines) is 1. The van der Waals surface area contributed by atoms with Crippen molar-refractivity contribution in [2.75, 3.05) is 13.2 Å². The molecule has 3 nitrogen and oxygen atoms in total. The molecule has 0 aromatic carbocycles. The summed E-state index contributed by atoms with van der Waals surface area (Å²) in [6.07, 6.45) is 4.63. The zero-order chi connectivity index (χ0) is 11.4. The molecular formula is C12H20N2OS. The first kappa shape index (κ1) is 12.0. The predicted molar refractivity (Wildman–Crippen MR) is 66.6 cm³/mol. The van der Waals surface area contributed by atoms with Gasteiger partial charge in [-0.25, -0.2) is 4.98 Å². The van der Waals surface area contributed by atoms with Crippen LogP contribution in [0, 0.1) is 6.92 Å². The molecule has 2 heterocycles. The first-order chi connectivity index (χ1) is 7.79. The van der Waals surface area contributed by atoms with Gasteiger partial charge < -0.3 is 5.11 Å². The lowest BCUT2D eigenvalue weighted by atomic mass is 10.1. The zero-order valence-corrected chi connectivity index (χ0v) is 10.7. The van der Waals surface area contributed by atoms with Gasteiger partial charge in [0, 0.05) is 23.7 Å². The molecule has 0 bridgehead atoms. The number of aliphatic hydroxyl groups excluding tert-OH is 1. The number of rotatable bonds is 5. The first-order valence-corrected chi connectivity index (χ1v) is 6.93. The highest BCUT2D eigenvalue weighted by molar-refractivity contribution is 7.09. The Hall–Kier alpha value is -0.450. The van der Waals surface area contributed by atoms with Crippen molar-refractivity contribution in [3.63, 3.8) is 0 Å². The van der Waals surface area contributed by atoms with E-state index in [2.05, 4.69) is 15.3 Å². The largest absolute Gasteiger partial charge is 0.396 e. The Morgan fingerprint density at radius 2 is 2.50 bits per heavy atom. The van der Waals surface area contributed by atoms with Crippen LogP contribution in [0.1, 0.15) is 36.4 Å². The first-order valence-electron chi connectivity index (χ1n) is 6.05. The third kappa shape index (κ3) is 3.03. The van der Waals surface area contributed by atoms with Crippen molar-refractivity contribution in [2.45, 2.75) is 45.2 Å². The van der Waals surface area contributed by atoms with E-state index in [9.17, 15) is 0 Å². The molecule has 0 saturated carbocycles. The molecule has 1 aromatic heterocycles. The second kappa shape index (κ2) is 5.75. The van der Waals surface area contributed by atoms with E-state index in [0.29, 0.717) is 12.6 Å². The van der Waals surface area contributed by atoms with Crippen LogP contribution in [-0.2, 0) is 6.54 Å². The van der Waals surface area contributed by atoms with Gasteiger partial charge in [-0.1, -0.05) is 0 Å². The monoisotopic (exact) mass is 240 g/mol. The fourth-order valence-electron chi connectivity index (χ4n) is 2.41. The molecule has 1 aliphatic rings. The molecule has 1 fully saturated rings. The minimum Gasteiger partial charge on any atom is -0.396 e. The number of hydrogen-bond acceptors (Lipinski definition) is 4. The Kier molecular flexibility index (Phi) is 4.32. The number of hydrogen-bond donors (Lipinski definition) is 1. The van der Waals surface area contributed by atoms with Crippen molar-refractivity contribution in [2.24, 2.45) is 0 Å². The highest BCUT2D eigenvalue weighted by Gasteiger charge is 2.24. The van der Waals surface area contributed by atoms with Crippen molar-refractivity contribution < 1.29 is 5.11 Å². The minimum absolute atomic E-state index is 0.320. The highest BCUT2D eigenvalue weighted by atomic mass is 32.1. The van der Waals surface area contributed by atoms with Crippen molar-refractivity contribution in [3.8, 4) is 0 Å². The van der Waals surface area contributed by atoms with E-state index >= 15 is 0 Å². The molecule has 0 radical (unpaired) electrons. The van der Waals surface area contributed by atoms with Crippen LogP contribution in [0.3, 0.4) is 0 Å². The maximum Gasteiger partial charge on any atom is 0.107 e. The van der Waals surface area contributed by atoms with Gasteiger partial charge >= 0.3 is 0 Å². The molecular weight excluding hydrogens is 220 g/mol. The average molecular weight is 240 g/mol. The fourth-order valence-corrected chi connectivity index (χ4v) is 3.20. The lowest BCUT2D eigenvalue weighted by Crippen LogP contribution is -2.29. The van der Waals surface area contributed by atoms with Crippen LogP contribution in [-0.4, -0.2) is 34.2 Å². The number of thiazole rings is 1. The molecule has 1 aliphatic heterocycles. The van der Waals surface area contributed by atoms with Gasteiger partial charge in [-0.05, 0) is 39.2 Å². The summed E-state index contributed by atoms with van der Waals surface area (Å²) in [6.45, 7) is 4.55. The summed E-state index contributed by atoms with van der Waals surface area (Å²) in [5.74, 6) is 0. The van der Waals surface area contributed by atoms with E-state index in [1.54, 1.807) is 11.3 Å². The Bertz CT molecular complexity index is 327. The van der Waals surface area contributed by atoms with E-state index in [0.717, 1.165) is 25.1 Å². The fraction of sp³-hybridized carbons (Fsp3) is 0.750. The van der Waals surface area contributed by atoms with E-state index in [1.807, 2.05) is 6.92 Å². The Morgan fingerprint density at radius 1 is 1.62 bits per heavy atom. The second-order valence-corrected chi connectivity index (χ2v) is 5.46. The molecule has 1 aromatic rings. The lowest BCUT2D eigenvalue weighted by molar-refractivity contribution is 0.210. The van der Waals surface area contributed by atoms with E-state index < -0.39 is 0 Å². The topological polar surface area (TPSA) is 36.4 Å². The maximum absolute atomic E-state index is 8.88. The maximum atomic E-state index is 8.88. The average Bonchev–Trinajstić information content (AvgIpc) is 2.86. The number of nitrogens with zero attached hydrogens (tertiary/aromatic N) is 2. The molecule has 0 amide bonds. The molecule has 0 spiro atoms. The quantitative estimate of drug-likeness (QED) is 0.857. The van der Waals surface area contributed by atoms with Crippen LogP contribution < -0.4 is 0 Å². The van der Waals surface area contributed by atoms with Crippen molar-refractivity contribution >= 4 is 11.3 Å². The Balaban J connectivity index is 1.88. The number of aliphatic hydroxyl groups is 1. The lowest BCUT2D eigenvalue weighted by Gasteiger charge is -2.23. The molecule has 2 rings (SSSR count). The normalized spacial score (nSPS) is 21.8. The van der Waals surface area contributed by atoms with Gasteiger partial charge in [0.2, 0.25) is 0 Å². The van der Waals surface area contributed by atoms with Crippen LogP contribution in [0.4, 0.5) is 0 Å². The van der Waals surface area contributed by atoms with Crippen LogP contribution in [0.15, 0.2) is 5.38 Å². The number of aryl methyl sites for hydroxylation is 1. The van der Waals surface area contributed by atoms with Crippen molar-refractivity contribution in [1.82, 2.24) is 9.88 Å². The van der Waals surface area contributed by atoms with Gasteiger partial charge in [0.1, 0.15) is 5.01 Å². The van der Waals surface area contributed by atoms with Crippen LogP contribution >= 0.6 is 11.3 Å². The third-order valence-electron chi connectivity index (χ3n) is 3.20. The molecule has 1 unspecified atom stereocenters. The summed E-state index contributed by atoms with van der Waals surface area (Å²) in [7, 11) is 0. The van der Waals surface area contributed by atoms with Gasteiger partial charge in [0.15, 0.2) is 0 Å². The van der Waals surface area contributed by atoms with E-state index in [1.165, 1.54) is 24.4 Å². The van der Waals surface area contributed by atoms with Gasteiger partial charge in [-0.2, -0.15) is 0 Å². The van der Waals surface area contributed by atoms with Crippen molar-refractivity contribution in [1.29, 1.82) is 0 Å². The van der Waals surface area contributed by atoms with Crippen LogP contribution in [0.5, 0.6) is 0 Å². The predicted octanol–water partition coefficient (Wildman–Crippen LogP) is 2.19. The SMILES string of the molecule is Cc1csc(CN2CCCC2CCCO)n1. The van der Waals surface area contributed by atoms with Crippen molar-refractivity contribution in [3.05, 3.63) is 16.1 Å². The molecule has 0 aliphatic carbocycles. The molecule has 90 valence electrons. The number of aromatic nitrogens is 1. The standard InChI is InChI=1S/C12H20N2OS/c1-10-9-16-12(13-10)8-14-6-2-4-11(14)5-3-7-15/h9,11,15H,2-8H2,1H3.